The molecule has 0 fully saturated rings. The van der Waals surface area contributed by atoms with Crippen molar-refractivity contribution in [2.45, 2.75) is 18.9 Å². The van der Waals surface area contributed by atoms with Crippen LogP contribution < -0.4 is 5.73 Å². The van der Waals surface area contributed by atoms with Crippen LogP contribution in [0.4, 0.5) is 4.39 Å². The van der Waals surface area contributed by atoms with Crippen molar-refractivity contribution in [2.75, 3.05) is 0 Å². The topological polar surface area (TPSA) is 46.2 Å². The van der Waals surface area contributed by atoms with Gasteiger partial charge in [-0.25, -0.2) is 4.39 Å². The van der Waals surface area contributed by atoms with Crippen LogP contribution in [0.1, 0.15) is 24.4 Å². The van der Waals surface area contributed by atoms with Crippen LogP contribution in [0.3, 0.4) is 0 Å². The summed E-state index contributed by atoms with van der Waals surface area (Å²) in [5, 5.41) is 8.97. The SMILES string of the molecule is C=CCC[C@@H](N)c1ccc(O)c(F)c1.Cl. The van der Waals surface area contributed by atoms with Crippen LogP contribution in [-0.2, 0) is 0 Å². The van der Waals surface area contributed by atoms with Gasteiger partial charge in [0.05, 0.1) is 0 Å². The number of benzene rings is 1. The van der Waals surface area contributed by atoms with Gasteiger partial charge in [-0.3, -0.25) is 0 Å². The van der Waals surface area contributed by atoms with E-state index in [1.807, 2.05) is 0 Å². The van der Waals surface area contributed by atoms with Crippen molar-refractivity contribution in [1.82, 2.24) is 0 Å². The van der Waals surface area contributed by atoms with Crippen LogP contribution in [-0.4, -0.2) is 5.11 Å². The highest BCUT2D eigenvalue weighted by molar-refractivity contribution is 5.85. The Hall–Kier alpha value is -1.06. The third kappa shape index (κ3) is 3.90. The summed E-state index contributed by atoms with van der Waals surface area (Å²) in [6.07, 6.45) is 3.30. The number of phenolic OH excluding ortho intramolecular Hbond substituents is 1. The van der Waals surface area contributed by atoms with Gasteiger partial charge in [-0.15, -0.1) is 19.0 Å². The molecule has 1 aromatic carbocycles. The maximum atomic E-state index is 12.9. The van der Waals surface area contributed by atoms with E-state index in [-0.39, 0.29) is 24.2 Å². The quantitative estimate of drug-likeness (QED) is 0.783. The Morgan fingerprint density at radius 2 is 2.20 bits per heavy atom. The van der Waals surface area contributed by atoms with Crippen molar-refractivity contribution in [1.29, 1.82) is 0 Å². The van der Waals surface area contributed by atoms with E-state index in [9.17, 15) is 4.39 Å². The number of phenols is 1. The minimum absolute atomic E-state index is 0. The average molecular weight is 232 g/mol. The molecule has 0 spiro atoms. The van der Waals surface area contributed by atoms with E-state index in [1.165, 1.54) is 12.1 Å². The van der Waals surface area contributed by atoms with Crippen molar-refractivity contribution in [3.8, 4) is 5.75 Å². The molecular formula is C11H15ClFNO. The fraction of sp³-hybridized carbons (Fsp3) is 0.273. The summed E-state index contributed by atoms with van der Waals surface area (Å²) >= 11 is 0. The van der Waals surface area contributed by atoms with E-state index in [0.29, 0.717) is 5.56 Å². The van der Waals surface area contributed by atoms with Gasteiger partial charge < -0.3 is 10.8 Å². The van der Waals surface area contributed by atoms with E-state index in [0.717, 1.165) is 12.8 Å². The first-order valence-corrected chi connectivity index (χ1v) is 4.50. The Kier molecular flexibility index (Phi) is 5.97. The van der Waals surface area contributed by atoms with E-state index in [1.54, 1.807) is 12.1 Å². The summed E-state index contributed by atoms with van der Waals surface area (Å²) in [5.74, 6) is -0.971. The second kappa shape index (κ2) is 6.43. The summed E-state index contributed by atoms with van der Waals surface area (Å²) in [6.45, 7) is 3.59. The molecule has 1 aromatic rings. The van der Waals surface area contributed by atoms with Gasteiger partial charge in [0.1, 0.15) is 0 Å². The predicted molar refractivity (Wildman–Crippen MR) is 61.7 cm³/mol. The first kappa shape index (κ1) is 13.9. The van der Waals surface area contributed by atoms with Crippen molar-refractivity contribution in [3.63, 3.8) is 0 Å². The fourth-order valence-electron chi connectivity index (χ4n) is 1.22. The summed E-state index contributed by atoms with van der Waals surface area (Å²) in [7, 11) is 0. The van der Waals surface area contributed by atoms with Crippen LogP contribution in [0, 0.1) is 5.82 Å². The summed E-state index contributed by atoms with van der Waals surface area (Å²) in [6, 6.07) is 4.01. The Labute approximate surface area is 95.0 Å². The lowest BCUT2D eigenvalue weighted by Gasteiger charge is -2.10. The highest BCUT2D eigenvalue weighted by atomic mass is 35.5. The van der Waals surface area contributed by atoms with Crippen LogP contribution >= 0.6 is 12.4 Å². The van der Waals surface area contributed by atoms with E-state index < -0.39 is 5.82 Å². The molecule has 3 N–H and O–H groups in total. The third-order valence-electron chi connectivity index (χ3n) is 2.08. The molecule has 15 heavy (non-hydrogen) atoms. The zero-order valence-corrected chi connectivity index (χ0v) is 9.14. The molecule has 2 nitrogen and oxygen atoms in total. The molecule has 0 saturated heterocycles. The standard InChI is InChI=1S/C11H14FNO.ClH/c1-2-3-4-10(13)8-5-6-11(14)9(12)7-8;/h2,5-7,10,14H,1,3-4,13H2;1H/t10-;/m1./s1. The van der Waals surface area contributed by atoms with E-state index in [4.69, 9.17) is 10.8 Å². The van der Waals surface area contributed by atoms with Crippen molar-refractivity contribution in [3.05, 3.63) is 42.2 Å². The van der Waals surface area contributed by atoms with Gasteiger partial charge in [-0.2, -0.15) is 0 Å². The molecule has 4 heteroatoms. The Morgan fingerprint density at radius 1 is 1.53 bits per heavy atom. The van der Waals surface area contributed by atoms with Gasteiger partial charge in [0.25, 0.3) is 0 Å². The molecule has 0 radical (unpaired) electrons. The lowest BCUT2D eigenvalue weighted by atomic mass is 10.0. The number of hydrogen-bond acceptors (Lipinski definition) is 2. The lowest BCUT2D eigenvalue weighted by Crippen LogP contribution is -2.09. The third-order valence-corrected chi connectivity index (χ3v) is 2.08. The molecule has 84 valence electrons. The van der Waals surface area contributed by atoms with Crippen molar-refractivity contribution in [2.24, 2.45) is 5.73 Å². The highest BCUT2D eigenvalue weighted by Crippen LogP contribution is 2.22. The van der Waals surface area contributed by atoms with Crippen LogP contribution in [0.5, 0.6) is 5.75 Å². The first-order chi connectivity index (χ1) is 6.65. The molecule has 0 unspecified atom stereocenters. The number of nitrogens with two attached hydrogens (primary N) is 1. The number of allylic oxidation sites excluding steroid dienone is 1. The van der Waals surface area contributed by atoms with Crippen molar-refractivity contribution < 1.29 is 9.50 Å². The normalized spacial score (nSPS) is 11.6. The zero-order valence-electron chi connectivity index (χ0n) is 8.32. The molecule has 0 bridgehead atoms. The molecule has 1 atom stereocenters. The Balaban J connectivity index is 0.00000196. The first-order valence-electron chi connectivity index (χ1n) is 4.50. The second-order valence-electron chi connectivity index (χ2n) is 3.18. The summed E-state index contributed by atoms with van der Waals surface area (Å²) in [4.78, 5) is 0. The largest absolute Gasteiger partial charge is 0.505 e. The van der Waals surface area contributed by atoms with Crippen LogP contribution in [0.15, 0.2) is 30.9 Å². The van der Waals surface area contributed by atoms with Gasteiger partial charge in [0, 0.05) is 6.04 Å². The fourth-order valence-corrected chi connectivity index (χ4v) is 1.22. The molecule has 0 aromatic heterocycles. The molecule has 0 saturated carbocycles. The minimum Gasteiger partial charge on any atom is -0.505 e. The summed E-state index contributed by atoms with van der Waals surface area (Å²) in [5.41, 5.74) is 6.50. The predicted octanol–water partition coefficient (Wildman–Crippen LogP) is 2.92. The van der Waals surface area contributed by atoms with E-state index in [2.05, 4.69) is 6.58 Å². The Bertz CT molecular complexity index is 330. The van der Waals surface area contributed by atoms with Gasteiger partial charge >= 0.3 is 0 Å². The molecule has 0 amide bonds. The molecule has 0 aliphatic carbocycles. The van der Waals surface area contributed by atoms with E-state index >= 15 is 0 Å². The van der Waals surface area contributed by atoms with Crippen LogP contribution in [0.25, 0.3) is 0 Å². The number of halogens is 2. The average Bonchev–Trinajstić information content (AvgIpc) is 2.18. The highest BCUT2D eigenvalue weighted by Gasteiger charge is 2.07. The lowest BCUT2D eigenvalue weighted by molar-refractivity contribution is 0.431. The molecule has 0 aliphatic rings. The van der Waals surface area contributed by atoms with Gasteiger partial charge in [-0.1, -0.05) is 12.1 Å². The minimum atomic E-state index is -0.628. The molecule has 1 rings (SSSR count). The molecule has 0 heterocycles. The zero-order chi connectivity index (χ0) is 10.6. The maximum Gasteiger partial charge on any atom is 0.165 e. The number of hydrogen-bond donors (Lipinski definition) is 2. The molecular weight excluding hydrogens is 217 g/mol. The van der Waals surface area contributed by atoms with Gasteiger partial charge in [0.15, 0.2) is 11.6 Å². The smallest absolute Gasteiger partial charge is 0.165 e. The second-order valence-corrected chi connectivity index (χ2v) is 3.18. The van der Waals surface area contributed by atoms with Gasteiger partial charge in [0.2, 0.25) is 0 Å². The number of rotatable bonds is 4. The number of aromatic hydroxyl groups is 1. The van der Waals surface area contributed by atoms with Crippen LogP contribution in [0.2, 0.25) is 0 Å². The van der Waals surface area contributed by atoms with Gasteiger partial charge in [-0.05, 0) is 30.5 Å². The molecule has 0 aliphatic heterocycles. The maximum absolute atomic E-state index is 12.9. The monoisotopic (exact) mass is 231 g/mol. The summed E-state index contributed by atoms with van der Waals surface area (Å²) < 4.78 is 12.9. The Morgan fingerprint density at radius 3 is 2.73 bits per heavy atom. The van der Waals surface area contributed by atoms with Crippen molar-refractivity contribution >= 4 is 12.4 Å².